The first-order valence-corrected chi connectivity index (χ1v) is 14.5. The molecule has 0 spiro atoms. The van der Waals surface area contributed by atoms with Crippen LogP contribution in [0.25, 0.3) is 0 Å². The first-order chi connectivity index (χ1) is 19.2. The van der Waals surface area contributed by atoms with Gasteiger partial charge in [-0.05, 0) is 120 Å². The van der Waals surface area contributed by atoms with Gasteiger partial charge in [0.05, 0.1) is 0 Å². The average molecular weight is 535 g/mol. The number of hydrogen-bond donors (Lipinski definition) is 0. The second-order valence-corrected chi connectivity index (χ2v) is 11.2. The number of ketones is 1. The summed E-state index contributed by atoms with van der Waals surface area (Å²) in [5, 5.41) is 0. The minimum absolute atomic E-state index is 0.0383. The van der Waals surface area contributed by atoms with Gasteiger partial charge < -0.3 is 9.47 Å². The number of rotatable bonds is 12. The molecule has 0 N–H and O–H groups in total. The van der Waals surface area contributed by atoms with Gasteiger partial charge in [0.15, 0.2) is 5.78 Å². The molecule has 0 saturated heterocycles. The standard InChI is InChI=1S/C37H42O3/c1-7-36(5,8-2)29-15-23-33(24-16-29)39-31-19-11-27(12-20-31)35(38)28-13-21-32(22-14-28)40-34-25-17-30(18-26-34)37(6,9-3)10-4/h11-26H,7-10H2,1-6H3. The van der Waals surface area contributed by atoms with Gasteiger partial charge in [-0.1, -0.05) is 65.8 Å². The van der Waals surface area contributed by atoms with Gasteiger partial charge >= 0.3 is 0 Å². The zero-order valence-electron chi connectivity index (χ0n) is 24.8. The summed E-state index contributed by atoms with van der Waals surface area (Å²) in [4.78, 5) is 13.1. The minimum atomic E-state index is -0.0383. The highest BCUT2D eigenvalue weighted by Gasteiger charge is 2.23. The van der Waals surface area contributed by atoms with E-state index in [4.69, 9.17) is 9.47 Å². The molecule has 0 aromatic heterocycles. The van der Waals surface area contributed by atoms with E-state index >= 15 is 0 Å². The number of carbonyl (C=O) groups excluding carboxylic acids is 1. The fraction of sp³-hybridized carbons (Fsp3) is 0.324. The molecule has 0 fully saturated rings. The monoisotopic (exact) mass is 534 g/mol. The van der Waals surface area contributed by atoms with Crippen molar-refractivity contribution in [1.82, 2.24) is 0 Å². The predicted molar refractivity (Wildman–Crippen MR) is 165 cm³/mol. The van der Waals surface area contributed by atoms with E-state index < -0.39 is 0 Å². The third kappa shape index (κ3) is 6.47. The Morgan fingerprint density at radius 1 is 0.475 bits per heavy atom. The van der Waals surface area contributed by atoms with E-state index in [1.165, 1.54) is 11.1 Å². The lowest BCUT2D eigenvalue weighted by molar-refractivity contribution is 0.103. The van der Waals surface area contributed by atoms with Crippen LogP contribution in [0.5, 0.6) is 23.0 Å². The Balaban J connectivity index is 1.37. The molecule has 0 bridgehead atoms. The molecule has 40 heavy (non-hydrogen) atoms. The van der Waals surface area contributed by atoms with Crippen LogP contribution in [-0.2, 0) is 10.8 Å². The van der Waals surface area contributed by atoms with Crippen molar-refractivity contribution in [3.63, 3.8) is 0 Å². The quantitative estimate of drug-likeness (QED) is 0.170. The lowest BCUT2D eigenvalue weighted by Crippen LogP contribution is -2.19. The molecule has 3 heteroatoms. The highest BCUT2D eigenvalue weighted by molar-refractivity contribution is 6.09. The third-order valence-corrected chi connectivity index (χ3v) is 8.93. The largest absolute Gasteiger partial charge is 0.457 e. The van der Waals surface area contributed by atoms with Gasteiger partial charge in [0.25, 0.3) is 0 Å². The van der Waals surface area contributed by atoms with Crippen LogP contribution in [-0.4, -0.2) is 5.78 Å². The Bertz CT molecular complexity index is 1270. The molecule has 0 heterocycles. The summed E-state index contributed by atoms with van der Waals surface area (Å²) in [5.74, 6) is 2.93. The third-order valence-electron chi connectivity index (χ3n) is 8.93. The molecule has 208 valence electrons. The smallest absolute Gasteiger partial charge is 0.193 e. The van der Waals surface area contributed by atoms with E-state index in [0.29, 0.717) is 22.6 Å². The Morgan fingerprint density at radius 3 is 0.975 bits per heavy atom. The van der Waals surface area contributed by atoms with Crippen LogP contribution in [0.15, 0.2) is 97.1 Å². The molecule has 0 aliphatic carbocycles. The Kier molecular flexibility index (Phi) is 9.14. The molecular weight excluding hydrogens is 492 g/mol. The van der Waals surface area contributed by atoms with Crippen LogP contribution in [0, 0.1) is 0 Å². The fourth-order valence-corrected chi connectivity index (χ4v) is 4.95. The van der Waals surface area contributed by atoms with Gasteiger partial charge in [0, 0.05) is 11.1 Å². The van der Waals surface area contributed by atoms with Crippen LogP contribution in [0.4, 0.5) is 0 Å². The van der Waals surface area contributed by atoms with Crippen molar-refractivity contribution in [2.75, 3.05) is 0 Å². The van der Waals surface area contributed by atoms with E-state index in [0.717, 1.165) is 37.2 Å². The first kappa shape index (κ1) is 29.1. The highest BCUT2D eigenvalue weighted by Crippen LogP contribution is 2.34. The zero-order chi connectivity index (χ0) is 28.8. The second-order valence-electron chi connectivity index (χ2n) is 11.2. The average Bonchev–Trinajstić information content (AvgIpc) is 3.01. The number of hydrogen-bond acceptors (Lipinski definition) is 3. The van der Waals surface area contributed by atoms with Crippen LogP contribution >= 0.6 is 0 Å². The summed E-state index contributed by atoms with van der Waals surface area (Å²) in [6.45, 7) is 13.5. The van der Waals surface area contributed by atoms with Crippen molar-refractivity contribution < 1.29 is 14.3 Å². The van der Waals surface area contributed by atoms with Crippen LogP contribution in [0.1, 0.15) is 94.3 Å². The Hall–Kier alpha value is -3.85. The van der Waals surface area contributed by atoms with Gasteiger partial charge in [-0.15, -0.1) is 0 Å². The summed E-state index contributed by atoms with van der Waals surface area (Å²) in [6.07, 6.45) is 4.39. The van der Waals surface area contributed by atoms with E-state index in [-0.39, 0.29) is 16.6 Å². The predicted octanol–water partition coefficient (Wildman–Crippen LogP) is 10.7. The van der Waals surface area contributed by atoms with Crippen molar-refractivity contribution >= 4 is 5.78 Å². The van der Waals surface area contributed by atoms with Crippen molar-refractivity contribution in [1.29, 1.82) is 0 Å². The van der Waals surface area contributed by atoms with Crippen molar-refractivity contribution in [3.8, 4) is 23.0 Å². The topological polar surface area (TPSA) is 35.5 Å². The van der Waals surface area contributed by atoms with Gasteiger partial charge in [0.2, 0.25) is 0 Å². The molecule has 4 rings (SSSR count). The molecule has 0 unspecified atom stereocenters. The number of benzene rings is 4. The molecule has 4 aromatic carbocycles. The van der Waals surface area contributed by atoms with Crippen molar-refractivity contribution in [2.24, 2.45) is 0 Å². The van der Waals surface area contributed by atoms with Crippen LogP contribution in [0.2, 0.25) is 0 Å². The molecule has 0 aliphatic rings. The summed E-state index contributed by atoms with van der Waals surface area (Å²) < 4.78 is 12.1. The maximum Gasteiger partial charge on any atom is 0.193 e. The molecule has 0 saturated carbocycles. The molecule has 0 amide bonds. The molecule has 3 nitrogen and oxygen atoms in total. The van der Waals surface area contributed by atoms with E-state index in [2.05, 4.69) is 65.8 Å². The van der Waals surface area contributed by atoms with Crippen molar-refractivity contribution in [2.45, 2.75) is 78.1 Å². The van der Waals surface area contributed by atoms with Gasteiger partial charge in [0.1, 0.15) is 23.0 Å². The maximum atomic E-state index is 13.1. The normalized spacial score (nSPS) is 11.8. The Morgan fingerprint density at radius 2 is 0.725 bits per heavy atom. The van der Waals surface area contributed by atoms with Crippen LogP contribution in [0.3, 0.4) is 0 Å². The number of ether oxygens (including phenoxy) is 2. The summed E-state index contributed by atoms with van der Waals surface area (Å²) in [6, 6.07) is 31.3. The lowest BCUT2D eigenvalue weighted by Gasteiger charge is -2.27. The van der Waals surface area contributed by atoms with Gasteiger partial charge in [-0.3, -0.25) is 4.79 Å². The van der Waals surface area contributed by atoms with E-state index in [1.807, 2.05) is 72.8 Å². The highest BCUT2D eigenvalue weighted by atomic mass is 16.5. The Labute approximate surface area is 240 Å². The first-order valence-electron chi connectivity index (χ1n) is 14.5. The summed E-state index contributed by atoms with van der Waals surface area (Å²) in [5.41, 5.74) is 4.24. The fourth-order valence-electron chi connectivity index (χ4n) is 4.95. The van der Waals surface area contributed by atoms with E-state index in [9.17, 15) is 4.79 Å². The maximum absolute atomic E-state index is 13.1. The summed E-state index contributed by atoms with van der Waals surface area (Å²) >= 11 is 0. The van der Waals surface area contributed by atoms with Crippen LogP contribution < -0.4 is 9.47 Å². The number of carbonyl (C=O) groups is 1. The molecule has 0 atom stereocenters. The van der Waals surface area contributed by atoms with Gasteiger partial charge in [-0.2, -0.15) is 0 Å². The second kappa shape index (κ2) is 12.6. The SMILES string of the molecule is CCC(C)(CC)c1ccc(Oc2ccc(C(=O)c3ccc(Oc4ccc(C(C)(CC)CC)cc4)cc3)cc2)cc1. The van der Waals surface area contributed by atoms with Gasteiger partial charge in [-0.25, -0.2) is 0 Å². The molecule has 0 radical (unpaired) electrons. The molecule has 0 aliphatic heterocycles. The molecular formula is C37H42O3. The van der Waals surface area contributed by atoms with E-state index in [1.54, 1.807) is 0 Å². The van der Waals surface area contributed by atoms with Crippen molar-refractivity contribution in [3.05, 3.63) is 119 Å². The minimum Gasteiger partial charge on any atom is -0.457 e. The molecule has 4 aromatic rings. The zero-order valence-corrected chi connectivity index (χ0v) is 24.8. The summed E-state index contributed by atoms with van der Waals surface area (Å²) in [7, 11) is 0. The lowest BCUT2D eigenvalue weighted by atomic mass is 9.78.